The molecule has 2 N–H and O–H groups in total. The molecule has 8 nitrogen and oxygen atoms in total. The molecular formula is C18H25N5O3. The summed E-state index contributed by atoms with van der Waals surface area (Å²) < 4.78 is 7.70. The smallest absolute Gasteiger partial charge is 0.239 e. The molecule has 2 aliphatic heterocycles. The number of carbonyl (C=O) groups excluding carboxylic acids is 2. The average molecular weight is 359 g/mol. The predicted octanol–water partition coefficient (Wildman–Crippen LogP) is 0.526. The number of carbonyl (C=O) groups is 2. The van der Waals surface area contributed by atoms with Gasteiger partial charge in [-0.1, -0.05) is 0 Å². The third-order valence-electron chi connectivity index (χ3n) is 5.09. The van der Waals surface area contributed by atoms with Crippen molar-refractivity contribution in [3.8, 4) is 6.07 Å². The van der Waals surface area contributed by atoms with Gasteiger partial charge in [-0.25, -0.2) is 0 Å². The van der Waals surface area contributed by atoms with Crippen LogP contribution in [-0.4, -0.2) is 60.2 Å². The summed E-state index contributed by atoms with van der Waals surface area (Å²) in [6.07, 6.45) is 2.12. The van der Waals surface area contributed by atoms with E-state index in [0.29, 0.717) is 31.0 Å². The van der Waals surface area contributed by atoms with E-state index < -0.39 is 0 Å². The Bertz CT molecular complexity index is 743. The maximum absolute atomic E-state index is 12.5. The number of anilines is 1. The van der Waals surface area contributed by atoms with Gasteiger partial charge in [0.15, 0.2) is 0 Å². The zero-order valence-corrected chi connectivity index (χ0v) is 15.3. The monoisotopic (exact) mass is 359 g/mol. The highest BCUT2D eigenvalue weighted by atomic mass is 16.5. The molecule has 1 unspecified atom stereocenters. The van der Waals surface area contributed by atoms with Crippen molar-refractivity contribution in [1.29, 1.82) is 5.26 Å². The van der Waals surface area contributed by atoms with E-state index in [-0.39, 0.29) is 31.0 Å². The summed E-state index contributed by atoms with van der Waals surface area (Å²) in [6, 6.07) is 2.21. The second kappa shape index (κ2) is 7.89. The second-order valence-electron chi connectivity index (χ2n) is 6.90. The van der Waals surface area contributed by atoms with Crippen molar-refractivity contribution in [2.45, 2.75) is 39.3 Å². The van der Waals surface area contributed by atoms with Crippen molar-refractivity contribution in [2.75, 3.05) is 38.1 Å². The Balaban J connectivity index is 1.76. The minimum absolute atomic E-state index is 0.0739. The summed E-state index contributed by atoms with van der Waals surface area (Å²) in [4.78, 5) is 25.8. The third kappa shape index (κ3) is 3.89. The Morgan fingerprint density at radius 2 is 2.27 bits per heavy atom. The Morgan fingerprint density at radius 1 is 1.46 bits per heavy atom. The molecule has 140 valence electrons. The van der Waals surface area contributed by atoms with Crippen molar-refractivity contribution in [2.24, 2.45) is 0 Å². The number of hydrogen-bond acceptors (Lipinski definition) is 5. The average Bonchev–Trinajstić information content (AvgIpc) is 3.18. The van der Waals surface area contributed by atoms with Crippen molar-refractivity contribution >= 4 is 17.6 Å². The second-order valence-corrected chi connectivity index (χ2v) is 6.90. The van der Waals surface area contributed by atoms with Gasteiger partial charge in [0, 0.05) is 25.4 Å². The standard InChI is InChI=1S/C18H25N5O3/c1-12-13(2)23(9-14-4-3-7-26-14)18(15(12)8-19)21-17(25)11-22-6-5-20-16(24)10-22/h14H,3-7,9-11H2,1-2H3,(H,20,24)(H,21,25). The largest absolute Gasteiger partial charge is 0.376 e. The first-order valence-corrected chi connectivity index (χ1v) is 9.00. The summed E-state index contributed by atoms with van der Waals surface area (Å²) in [6.45, 7) is 6.75. The topological polar surface area (TPSA) is 99.4 Å². The fourth-order valence-electron chi connectivity index (χ4n) is 3.55. The van der Waals surface area contributed by atoms with Gasteiger partial charge in [0.1, 0.15) is 11.9 Å². The SMILES string of the molecule is Cc1c(C#N)c(NC(=O)CN2CCNC(=O)C2)n(CC2CCCO2)c1C. The van der Waals surface area contributed by atoms with Gasteiger partial charge >= 0.3 is 0 Å². The molecule has 3 heterocycles. The summed E-state index contributed by atoms with van der Waals surface area (Å²) in [7, 11) is 0. The number of rotatable bonds is 5. The van der Waals surface area contributed by atoms with Crippen LogP contribution in [0, 0.1) is 25.2 Å². The van der Waals surface area contributed by atoms with Crippen LogP contribution in [-0.2, 0) is 20.9 Å². The molecule has 0 bridgehead atoms. The predicted molar refractivity (Wildman–Crippen MR) is 95.7 cm³/mol. The van der Waals surface area contributed by atoms with E-state index in [4.69, 9.17) is 4.74 Å². The van der Waals surface area contributed by atoms with Crippen molar-refractivity contribution in [1.82, 2.24) is 14.8 Å². The molecule has 1 aromatic rings. The van der Waals surface area contributed by atoms with Crippen LogP contribution < -0.4 is 10.6 Å². The molecule has 0 aliphatic carbocycles. The summed E-state index contributed by atoms with van der Waals surface area (Å²) in [5, 5.41) is 15.2. The fourth-order valence-corrected chi connectivity index (χ4v) is 3.55. The van der Waals surface area contributed by atoms with Crippen molar-refractivity contribution in [3.63, 3.8) is 0 Å². The molecule has 0 saturated carbocycles. The van der Waals surface area contributed by atoms with Crippen molar-refractivity contribution in [3.05, 3.63) is 16.8 Å². The first kappa shape index (κ1) is 18.4. The Hall–Kier alpha value is -2.37. The van der Waals surface area contributed by atoms with E-state index in [2.05, 4.69) is 16.7 Å². The van der Waals surface area contributed by atoms with Gasteiger partial charge in [-0.2, -0.15) is 5.26 Å². The van der Waals surface area contributed by atoms with Crippen LogP contribution in [0.15, 0.2) is 0 Å². The number of ether oxygens (including phenoxy) is 1. The quantitative estimate of drug-likeness (QED) is 0.799. The van der Waals surface area contributed by atoms with Crippen LogP contribution in [0.2, 0.25) is 0 Å². The molecule has 1 aromatic heterocycles. The van der Waals surface area contributed by atoms with Gasteiger partial charge in [0.25, 0.3) is 0 Å². The molecule has 0 aromatic carbocycles. The van der Waals surface area contributed by atoms with Gasteiger partial charge in [-0.05, 0) is 32.3 Å². The highest BCUT2D eigenvalue weighted by Crippen LogP contribution is 2.28. The molecule has 3 rings (SSSR count). The zero-order chi connectivity index (χ0) is 18.7. The van der Waals surface area contributed by atoms with Gasteiger partial charge < -0.3 is 19.9 Å². The maximum atomic E-state index is 12.5. The number of nitriles is 1. The molecule has 2 saturated heterocycles. The van der Waals surface area contributed by atoms with Crippen LogP contribution in [0.3, 0.4) is 0 Å². The lowest BCUT2D eigenvalue weighted by molar-refractivity contribution is -0.125. The van der Waals surface area contributed by atoms with E-state index >= 15 is 0 Å². The normalized spacial score (nSPS) is 20.7. The summed E-state index contributed by atoms with van der Waals surface area (Å²) >= 11 is 0. The van der Waals surface area contributed by atoms with E-state index in [1.807, 2.05) is 18.4 Å². The lowest BCUT2D eigenvalue weighted by Crippen LogP contribution is -2.49. The molecular weight excluding hydrogens is 334 g/mol. The van der Waals surface area contributed by atoms with Crippen molar-refractivity contribution < 1.29 is 14.3 Å². The lowest BCUT2D eigenvalue weighted by Gasteiger charge is -2.26. The molecule has 8 heteroatoms. The zero-order valence-electron chi connectivity index (χ0n) is 15.3. The number of piperazine rings is 1. The number of nitrogens with zero attached hydrogens (tertiary/aromatic N) is 3. The minimum Gasteiger partial charge on any atom is -0.376 e. The summed E-state index contributed by atoms with van der Waals surface area (Å²) in [5.41, 5.74) is 2.33. The van der Waals surface area contributed by atoms with E-state index in [9.17, 15) is 14.9 Å². The number of nitrogens with one attached hydrogen (secondary N) is 2. The minimum atomic E-state index is -0.220. The van der Waals surface area contributed by atoms with Gasteiger partial charge in [0.2, 0.25) is 11.8 Å². The highest BCUT2D eigenvalue weighted by molar-refractivity contribution is 5.93. The molecule has 2 aliphatic rings. The van der Waals surface area contributed by atoms with Gasteiger partial charge in [0.05, 0.1) is 31.3 Å². The molecule has 2 amide bonds. The lowest BCUT2D eigenvalue weighted by atomic mass is 10.2. The maximum Gasteiger partial charge on any atom is 0.239 e. The Kier molecular flexibility index (Phi) is 5.59. The van der Waals surface area contributed by atoms with Crippen LogP contribution in [0.4, 0.5) is 5.82 Å². The van der Waals surface area contributed by atoms with Gasteiger partial charge in [-0.3, -0.25) is 14.5 Å². The highest BCUT2D eigenvalue weighted by Gasteiger charge is 2.25. The van der Waals surface area contributed by atoms with Crippen LogP contribution >= 0.6 is 0 Å². The van der Waals surface area contributed by atoms with E-state index in [1.165, 1.54) is 0 Å². The number of aromatic nitrogens is 1. The van der Waals surface area contributed by atoms with Crippen LogP contribution in [0.25, 0.3) is 0 Å². The third-order valence-corrected chi connectivity index (χ3v) is 5.09. The number of hydrogen-bond donors (Lipinski definition) is 2. The fraction of sp³-hybridized carbons (Fsp3) is 0.611. The van der Waals surface area contributed by atoms with Gasteiger partial charge in [-0.15, -0.1) is 0 Å². The summed E-state index contributed by atoms with van der Waals surface area (Å²) in [5.74, 6) is 0.238. The van der Waals surface area contributed by atoms with E-state index in [0.717, 1.165) is 30.7 Å². The van der Waals surface area contributed by atoms with E-state index in [1.54, 1.807) is 4.90 Å². The molecule has 1 atom stereocenters. The Labute approximate surface area is 153 Å². The molecule has 26 heavy (non-hydrogen) atoms. The first-order chi connectivity index (χ1) is 12.5. The molecule has 0 radical (unpaired) electrons. The first-order valence-electron chi connectivity index (χ1n) is 9.00. The number of amides is 2. The van der Waals surface area contributed by atoms with Crippen LogP contribution in [0.1, 0.15) is 29.7 Å². The Morgan fingerprint density at radius 3 is 2.92 bits per heavy atom. The molecule has 2 fully saturated rings. The molecule has 0 spiro atoms. The van der Waals surface area contributed by atoms with Crippen LogP contribution in [0.5, 0.6) is 0 Å².